The van der Waals surface area contributed by atoms with Gasteiger partial charge in [0.15, 0.2) is 0 Å². The fourth-order valence-electron chi connectivity index (χ4n) is 5.81. The standard InChI is InChI=1S/C25H40N4O2/c1-18(2)25(31)29-12-6-9-21(17-29)22-15-23(30)27-24(26-22)20-10-13-28(14-11-20)16-19-7-4-3-5-8-19/h15,18-21H,3-14,16-17H2,1-2H3,(H,26,27,30)/t21-/m1/s1. The molecule has 2 aliphatic heterocycles. The van der Waals surface area contributed by atoms with Gasteiger partial charge in [-0.1, -0.05) is 33.1 Å². The van der Waals surface area contributed by atoms with E-state index in [2.05, 4.69) is 9.88 Å². The number of amides is 1. The van der Waals surface area contributed by atoms with Crippen LogP contribution in [0.5, 0.6) is 0 Å². The summed E-state index contributed by atoms with van der Waals surface area (Å²) in [7, 11) is 0. The number of H-pyrrole nitrogens is 1. The van der Waals surface area contributed by atoms with Crippen molar-refractivity contribution in [1.82, 2.24) is 19.8 Å². The minimum absolute atomic E-state index is 0.0141. The molecule has 3 fully saturated rings. The van der Waals surface area contributed by atoms with Crippen LogP contribution in [0.25, 0.3) is 0 Å². The molecule has 1 saturated carbocycles. The lowest BCUT2D eigenvalue weighted by Crippen LogP contribution is -2.41. The molecule has 0 radical (unpaired) electrons. The number of piperidine rings is 2. The number of hydrogen-bond donors (Lipinski definition) is 1. The summed E-state index contributed by atoms with van der Waals surface area (Å²) >= 11 is 0. The molecule has 1 atom stereocenters. The van der Waals surface area contributed by atoms with Crippen LogP contribution in [0.2, 0.25) is 0 Å². The molecule has 0 spiro atoms. The van der Waals surface area contributed by atoms with Gasteiger partial charge in [-0.05, 0) is 57.5 Å². The van der Waals surface area contributed by atoms with Gasteiger partial charge >= 0.3 is 0 Å². The van der Waals surface area contributed by atoms with Crippen LogP contribution in [0.15, 0.2) is 10.9 Å². The summed E-state index contributed by atoms with van der Waals surface area (Å²) < 4.78 is 0. The highest BCUT2D eigenvalue weighted by atomic mass is 16.2. The topological polar surface area (TPSA) is 69.3 Å². The number of likely N-dealkylation sites (tertiary alicyclic amines) is 2. The fraction of sp³-hybridized carbons (Fsp3) is 0.800. The summed E-state index contributed by atoms with van der Waals surface area (Å²) in [4.78, 5) is 37.5. The molecule has 1 N–H and O–H groups in total. The highest BCUT2D eigenvalue weighted by Crippen LogP contribution is 2.31. The lowest BCUT2D eigenvalue weighted by Gasteiger charge is -2.35. The van der Waals surface area contributed by atoms with Gasteiger partial charge in [0.05, 0.1) is 5.69 Å². The van der Waals surface area contributed by atoms with E-state index in [9.17, 15) is 9.59 Å². The molecule has 2 saturated heterocycles. The molecule has 1 aromatic rings. The van der Waals surface area contributed by atoms with Crippen LogP contribution in [0.1, 0.15) is 95.0 Å². The molecule has 6 heteroatoms. The summed E-state index contributed by atoms with van der Waals surface area (Å²) in [5.41, 5.74) is 0.835. The lowest BCUT2D eigenvalue weighted by molar-refractivity contribution is -0.135. The number of aromatic nitrogens is 2. The van der Waals surface area contributed by atoms with Crippen LogP contribution in [0.4, 0.5) is 0 Å². The third-order valence-corrected chi connectivity index (χ3v) is 7.64. The molecule has 1 amide bonds. The van der Waals surface area contributed by atoms with Crippen molar-refractivity contribution in [2.45, 2.75) is 83.5 Å². The number of carbonyl (C=O) groups excluding carboxylic acids is 1. The summed E-state index contributed by atoms with van der Waals surface area (Å²) in [6.07, 6.45) is 11.1. The van der Waals surface area contributed by atoms with Crippen molar-refractivity contribution < 1.29 is 4.79 Å². The van der Waals surface area contributed by atoms with Crippen LogP contribution >= 0.6 is 0 Å². The van der Waals surface area contributed by atoms with E-state index in [1.807, 2.05) is 18.7 Å². The minimum atomic E-state index is -0.0445. The molecular formula is C25H40N4O2. The van der Waals surface area contributed by atoms with Gasteiger partial charge in [-0.3, -0.25) is 9.59 Å². The average Bonchev–Trinajstić information content (AvgIpc) is 2.79. The van der Waals surface area contributed by atoms with Gasteiger partial charge < -0.3 is 14.8 Å². The van der Waals surface area contributed by atoms with Gasteiger partial charge in [-0.2, -0.15) is 0 Å². The summed E-state index contributed by atoms with van der Waals surface area (Å²) in [6, 6.07) is 1.66. The first kappa shape index (κ1) is 22.5. The van der Waals surface area contributed by atoms with E-state index >= 15 is 0 Å². The zero-order valence-corrected chi connectivity index (χ0v) is 19.4. The Balaban J connectivity index is 1.38. The molecule has 31 heavy (non-hydrogen) atoms. The molecule has 6 nitrogen and oxygen atoms in total. The van der Waals surface area contributed by atoms with Crippen molar-refractivity contribution in [1.29, 1.82) is 0 Å². The third-order valence-electron chi connectivity index (χ3n) is 7.64. The molecule has 1 aromatic heterocycles. The molecule has 0 aromatic carbocycles. The highest BCUT2D eigenvalue weighted by Gasteiger charge is 2.29. The average molecular weight is 429 g/mol. The van der Waals surface area contributed by atoms with Gasteiger partial charge in [0.1, 0.15) is 5.82 Å². The molecular weight excluding hydrogens is 388 g/mol. The Morgan fingerprint density at radius 3 is 2.48 bits per heavy atom. The van der Waals surface area contributed by atoms with Crippen LogP contribution in [-0.2, 0) is 4.79 Å². The maximum atomic E-state index is 12.5. The molecule has 0 bridgehead atoms. The predicted molar refractivity (Wildman–Crippen MR) is 123 cm³/mol. The number of nitrogens with one attached hydrogen (secondary N) is 1. The van der Waals surface area contributed by atoms with E-state index in [4.69, 9.17) is 4.98 Å². The van der Waals surface area contributed by atoms with E-state index < -0.39 is 0 Å². The number of hydrogen-bond acceptors (Lipinski definition) is 4. The van der Waals surface area contributed by atoms with Crippen molar-refractivity contribution >= 4 is 5.91 Å². The molecule has 4 rings (SSSR count). The number of nitrogens with zero attached hydrogens (tertiary/aromatic N) is 3. The maximum absolute atomic E-state index is 12.5. The van der Waals surface area contributed by atoms with E-state index in [1.165, 1.54) is 38.6 Å². The van der Waals surface area contributed by atoms with E-state index in [0.29, 0.717) is 12.5 Å². The first-order chi connectivity index (χ1) is 15.0. The second-order valence-corrected chi connectivity index (χ2v) is 10.4. The summed E-state index contributed by atoms with van der Waals surface area (Å²) in [5.74, 6) is 2.48. The Morgan fingerprint density at radius 1 is 1.03 bits per heavy atom. The van der Waals surface area contributed by atoms with Gasteiger partial charge in [0.25, 0.3) is 5.56 Å². The molecule has 1 aliphatic carbocycles. The van der Waals surface area contributed by atoms with E-state index in [0.717, 1.165) is 62.8 Å². The van der Waals surface area contributed by atoms with Gasteiger partial charge in [-0.25, -0.2) is 4.98 Å². The maximum Gasteiger partial charge on any atom is 0.251 e. The quantitative estimate of drug-likeness (QED) is 0.772. The van der Waals surface area contributed by atoms with Crippen molar-refractivity contribution in [2.75, 3.05) is 32.7 Å². The second-order valence-electron chi connectivity index (χ2n) is 10.4. The summed E-state index contributed by atoms with van der Waals surface area (Å²) in [5, 5.41) is 0. The Morgan fingerprint density at radius 2 is 1.77 bits per heavy atom. The Hall–Kier alpha value is -1.69. The van der Waals surface area contributed by atoms with Crippen molar-refractivity contribution in [3.05, 3.63) is 27.9 Å². The van der Waals surface area contributed by atoms with Crippen LogP contribution < -0.4 is 5.56 Å². The lowest BCUT2D eigenvalue weighted by atomic mass is 9.87. The van der Waals surface area contributed by atoms with Gasteiger partial charge in [-0.15, -0.1) is 0 Å². The molecule has 3 aliphatic rings. The highest BCUT2D eigenvalue weighted by molar-refractivity contribution is 5.78. The van der Waals surface area contributed by atoms with Gasteiger partial charge in [0.2, 0.25) is 5.91 Å². The Bertz CT molecular complexity index is 791. The second kappa shape index (κ2) is 10.3. The zero-order chi connectivity index (χ0) is 21.8. The molecule has 0 unspecified atom stereocenters. The first-order valence-corrected chi connectivity index (χ1v) is 12.6. The normalized spacial score (nSPS) is 24.6. The Kier molecular flexibility index (Phi) is 7.47. The number of carbonyl (C=O) groups is 1. The minimum Gasteiger partial charge on any atom is -0.342 e. The zero-order valence-electron chi connectivity index (χ0n) is 19.4. The van der Waals surface area contributed by atoms with Gasteiger partial charge in [0, 0.05) is 43.5 Å². The predicted octanol–water partition coefficient (Wildman–Crippen LogP) is 3.89. The van der Waals surface area contributed by atoms with Crippen LogP contribution in [-0.4, -0.2) is 58.4 Å². The molecule has 3 heterocycles. The van der Waals surface area contributed by atoms with Crippen molar-refractivity contribution in [2.24, 2.45) is 11.8 Å². The Labute approximate surface area is 186 Å². The summed E-state index contributed by atoms with van der Waals surface area (Å²) in [6.45, 7) is 8.88. The van der Waals surface area contributed by atoms with Crippen molar-refractivity contribution in [3.8, 4) is 0 Å². The first-order valence-electron chi connectivity index (χ1n) is 12.6. The van der Waals surface area contributed by atoms with Crippen LogP contribution in [0.3, 0.4) is 0 Å². The smallest absolute Gasteiger partial charge is 0.251 e. The number of rotatable bonds is 5. The van der Waals surface area contributed by atoms with E-state index in [1.54, 1.807) is 6.07 Å². The molecule has 172 valence electrons. The monoisotopic (exact) mass is 428 g/mol. The number of aromatic amines is 1. The third kappa shape index (κ3) is 5.76. The van der Waals surface area contributed by atoms with Crippen molar-refractivity contribution in [3.63, 3.8) is 0 Å². The largest absolute Gasteiger partial charge is 0.342 e. The SMILES string of the molecule is CC(C)C(=O)N1CCC[C@@H](c2cc(=O)[nH]c(C3CCN(CC4CCCCC4)CC3)n2)C1. The fourth-order valence-corrected chi connectivity index (χ4v) is 5.81. The van der Waals surface area contributed by atoms with Crippen LogP contribution in [0, 0.1) is 11.8 Å². The van der Waals surface area contributed by atoms with E-state index in [-0.39, 0.29) is 23.3 Å².